The summed E-state index contributed by atoms with van der Waals surface area (Å²) < 4.78 is 1.94. The monoisotopic (exact) mass is 337 g/mol. The first-order chi connectivity index (χ1) is 11.0. The first-order valence-electron chi connectivity index (χ1n) is 8.63. The molecule has 1 heterocycles. The molecule has 0 radical (unpaired) electrons. The van der Waals surface area contributed by atoms with Crippen LogP contribution >= 0.6 is 11.8 Å². The molecule has 1 saturated carbocycles. The van der Waals surface area contributed by atoms with E-state index in [-0.39, 0.29) is 0 Å². The van der Waals surface area contributed by atoms with Crippen molar-refractivity contribution in [2.24, 2.45) is 12.0 Å². The van der Waals surface area contributed by atoms with E-state index in [1.54, 1.807) is 0 Å². The Morgan fingerprint density at radius 2 is 2.17 bits per heavy atom. The van der Waals surface area contributed by atoms with Gasteiger partial charge in [0.2, 0.25) is 0 Å². The fourth-order valence-corrected chi connectivity index (χ4v) is 4.47. The third-order valence-corrected chi connectivity index (χ3v) is 5.92. The lowest BCUT2D eigenvalue weighted by Gasteiger charge is -2.30. The minimum absolute atomic E-state index is 0.537. The van der Waals surface area contributed by atoms with Crippen molar-refractivity contribution in [1.82, 2.24) is 20.4 Å². The zero-order chi connectivity index (χ0) is 16.8. The molecule has 0 bridgehead atoms. The molecule has 0 aromatic carbocycles. The van der Waals surface area contributed by atoms with Crippen molar-refractivity contribution in [2.45, 2.75) is 64.3 Å². The number of hydrogen-bond donors (Lipinski definition) is 2. The van der Waals surface area contributed by atoms with E-state index in [4.69, 9.17) is 0 Å². The molecule has 0 spiro atoms. The SMILES string of the molecule is CCSC1CCCC(NC(=NC)NCc2c(C)nn(C)c2C)C1. The summed E-state index contributed by atoms with van der Waals surface area (Å²) >= 11 is 2.10. The van der Waals surface area contributed by atoms with Crippen molar-refractivity contribution >= 4 is 17.7 Å². The minimum atomic E-state index is 0.537. The highest BCUT2D eigenvalue weighted by molar-refractivity contribution is 7.99. The predicted molar refractivity (Wildman–Crippen MR) is 100 cm³/mol. The Morgan fingerprint density at radius 3 is 2.78 bits per heavy atom. The molecule has 1 aromatic rings. The molecule has 5 nitrogen and oxygen atoms in total. The van der Waals surface area contributed by atoms with Crippen molar-refractivity contribution in [2.75, 3.05) is 12.8 Å². The summed E-state index contributed by atoms with van der Waals surface area (Å²) in [6.07, 6.45) is 5.15. The maximum Gasteiger partial charge on any atom is 0.191 e. The van der Waals surface area contributed by atoms with Crippen LogP contribution in [0.5, 0.6) is 0 Å². The first-order valence-corrected chi connectivity index (χ1v) is 9.67. The van der Waals surface area contributed by atoms with Gasteiger partial charge >= 0.3 is 0 Å². The molecule has 6 heteroatoms. The van der Waals surface area contributed by atoms with E-state index >= 15 is 0 Å². The lowest BCUT2D eigenvalue weighted by molar-refractivity contribution is 0.419. The summed E-state index contributed by atoms with van der Waals surface area (Å²) in [5.74, 6) is 2.11. The molecule has 0 saturated heterocycles. The van der Waals surface area contributed by atoms with Gasteiger partial charge in [-0.25, -0.2) is 0 Å². The zero-order valence-electron chi connectivity index (χ0n) is 15.1. The van der Waals surface area contributed by atoms with Gasteiger partial charge in [0.25, 0.3) is 0 Å². The highest BCUT2D eigenvalue weighted by atomic mass is 32.2. The number of rotatable bonds is 5. The van der Waals surface area contributed by atoms with Gasteiger partial charge in [0.05, 0.1) is 5.69 Å². The van der Waals surface area contributed by atoms with Crippen molar-refractivity contribution < 1.29 is 0 Å². The maximum atomic E-state index is 4.47. The second kappa shape index (κ2) is 8.62. The van der Waals surface area contributed by atoms with Crippen molar-refractivity contribution in [3.8, 4) is 0 Å². The highest BCUT2D eigenvalue weighted by Gasteiger charge is 2.22. The first kappa shape index (κ1) is 18.2. The van der Waals surface area contributed by atoms with Gasteiger partial charge in [-0.15, -0.1) is 0 Å². The second-order valence-corrected chi connectivity index (χ2v) is 7.86. The minimum Gasteiger partial charge on any atom is -0.354 e. The van der Waals surface area contributed by atoms with Crippen LogP contribution in [0.1, 0.15) is 49.6 Å². The maximum absolute atomic E-state index is 4.47. The Hall–Kier alpha value is -1.17. The Kier molecular flexibility index (Phi) is 6.81. The Balaban J connectivity index is 1.88. The molecule has 2 rings (SSSR count). The van der Waals surface area contributed by atoms with Gasteiger partial charge in [0, 0.05) is 43.2 Å². The molecule has 1 aromatic heterocycles. The molecule has 2 N–H and O–H groups in total. The predicted octanol–water partition coefficient (Wildman–Crippen LogP) is 2.77. The smallest absolute Gasteiger partial charge is 0.191 e. The molecule has 1 aliphatic rings. The van der Waals surface area contributed by atoms with Crippen molar-refractivity contribution in [3.05, 3.63) is 17.0 Å². The molecule has 130 valence electrons. The highest BCUT2D eigenvalue weighted by Crippen LogP contribution is 2.28. The lowest BCUT2D eigenvalue weighted by Crippen LogP contribution is -2.45. The molecular weight excluding hydrogens is 306 g/mol. The van der Waals surface area contributed by atoms with E-state index in [2.05, 4.69) is 53.3 Å². The second-order valence-electron chi connectivity index (χ2n) is 6.28. The van der Waals surface area contributed by atoms with Crippen molar-refractivity contribution in [1.29, 1.82) is 0 Å². The number of aromatic nitrogens is 2. The van der Waals surface area contributed by atoms with Gasteiger partial charge in [0.1, 0.15) is 0 Å². The molecule has 0 amide bonds. The number of aliphatic imine (C=N–C) groups is 1. The summed E-state index contributed by atoms with van der Waals surface area (Å²) in [4.78, 5) is 4.39. The van der Waals surface area contributed by atoms with E-state index in [1.807, 2.05) is 18.8 Å². The van der Waals surface area contributed by atoms with Crippen LogP contribution in [-0.4, -0.2) is 39.8 Å². The molecule has 1 fully saturated rings. The third-order valence-electron chi connectivity index (χ3n) is 4.68. The van der Waals surface area contributed by atoms with Gasteiger partial charge in [0.15, 0.2) is 5.96 Å². The van der Waals surface area contributed by atoms with E-state index in [9.17, 15) is 0 Å². The molecular formula is C17H31N5S. The van der Waals surface area contributed by atoms with Crippen LogP contribution in [0.2, 0.25) is 0 Å². The van der Waals surface area contributed by atoms with Crippen LogP contribution in [0, 0.1) is 13.8 Å². The van der Waals surface area contributed by atoms with E-state index in [0.717, 1.165) is 23.4 Å². The largest absolute Gasteiger partial charge is 0.354 e. The van der Waals surface area contributed by atoms with Crippen LogP contribution in [0.25, 0.3) is 0 Å². The van der Waals surface area contributed by atoms with E-state index in [1.165, 1.54) is 42.7 Å². The van der Waals surface area contributed by atoms with Crippen LogP contribution in [0.15, 0.2) is 4.99 Å². The van der Waals surface area contributed by atoms with E-state index < -0.39 is 0 Å². The normalized spacial score (nSPS) is 22.2. The topological polar surface area (TPSA) is 54.2 Å². The average molecular weight is 338 g/mol. The summed E-state index contributed by atoms with van der Waals surface area (Å²) in [6, 6.07) is 0.537. The molecule has 2 unspecified atom stereocenters. The number of aryl methyl sites for hydroxylation is 2. The van der Waals surface area contributed by atoms with Gasteiger partial charge in [-0.05, 0) is 38.9 Å². The molecule has 23 heavy (non-hydrogen) atoms. The lowest BCUT2D eigenvalue weighted by atomic mass is 9.95. The number of guanidine groups is 1. The molecule has 2 atom stereocenters. The van der Waals surface area contributed by atoms with Crippen molar-refractivity contribution in [3.63, 3.8) is 0 Å². The van der Waals surface area contributed by atoms with Crippen LogP contribution < -0.4 is 10.6 Å². The summed E-state index contributed by atoms with van der Waals surface area (Å²) in [5.41, 5.74) is 3.56. The summed E-state index contributed by atoms with van der Waals surface area (Å²) in [5, 5.41) is 12.3. The summed E-state index contributed by atoms with van der Waals surface area (Å²) in [6.45, 7) is 7.20. The Labute approximate surface area is 144 Å². The standard InChI is InChI=1S/C17H31N5S/c1-6-23-15-9-7-8-14(10-15)20-17(18-4)19-11-16-12(2)21-22(5)13(16)3/h14-15H,6-11H2,1-5H3,(H2,18,19,20). The fourth-order valence-electron chi connectivity index (χ4n) is 3.30. The zero-order valence-corrected chi connectivity index (χ0v) is 16.0. The summed E-state index contributed by atoms with van der Waals surface area (Å²) in [7, 11) is 3.84. The average Bonchev–Trinajstić information content (AvgIpc) is 2.77. The Bertz CT molecular complexity index is 535. The fraction of sp³-hybridized carbons (Fsp3) is 0.765. The van der Waals surface area contributed by atoms with Gasteiger partial charge in [-0.2, -0.15) is 16.9 Å². The number of nitrogens with zero attached hydrogens (tertiary/aromatic N) is 3. The number of thioether (sulfide) groups is 1. The molecule has 0 aliphatic heterocycles. The van der Waals surface area contributed by atoms with Gasteiger partial charge < -0.3 is 10.6 Å². The third kappa shape index (κ3) is 4.90. The van der Waals surface area contributed by atoms with Crippen LogP contribution in [0.3, 0.4) is 0 Å². The van der Waals surface area contributed by atoms with E-state index in [0.29, 0.717) is 6.04 Å². The molecule has 1 aliphatic carbocycles. The van der Waals surface area contributed by atoms with Crippen LogP contribution in [0.4, 0.5) is 0 Å². The Morgan fingerprint density at radius 1 is 1.39 bits per heavy atom. The number of nitrogens with one attached hydrogen (secondary N) is 2. The number of hydrogen-bond acceptors (Lipinski definition) is 3. The quantitative estimate of drug-likeness (QED) is 0.641. The van der Waals surface area contributed by atoms with Gasteiger partial charge in [-0.1, -0.05) is 13.3 Å². The van der Waals surface area contributed by atoms with Gasteiger partial charge in [-0.3, -0.25) is 9.67 Å². The van der Waals surface area contributed by atoms with Crippen LogP contribution in [-0.2, 0) is 13.6 Å².